The van der Waals surface area contributed by atoms with Crippen LogP contribution in [0.3, 0.4) is 0 Å². The summed E-state index contributed by atoms with van der Waals surface area (Å²) in [5, 5.41) is 12.9. The number of β-amino-alcohol motifs (C(OH)–C–C–N with tert-alkyl or cyclic N) is 1. The van der Waals surface area contributed by atoms with Crippen molar-refractivity contribution in [1.82, 2.24) is 13.7 Å². The number of pyridine rings is 1. The molecule has 1 saturated carbocycles. The zero-order valence-electron chi connectivity index (χ0n) is 20.7. The Morgan fingerprint density at radius 1 is 1.03 bits per heavy atom. The van der Waals surface area contributed by atoms with Crippen molar-refractivity contribution in [3.05, 3.63) is 88.6 Å². The number of aliphatic hydroxyl groups excluding tert-OH is 1. The number of hydrogen-bond donors (Lipinski definition) is 2. The molecule has 2 N–H and O–H groups in total. The van der Waals surface area contributed by atoms with Crippen LogP contribution in [0.5, 0.6) is 0 Å². The molecule has 196 valence electrons. The highest BCUT2D eigenvalue weighted by Crippen LogP contribution is 2.34. The Labute approximate surface area is 229 Å². The maximum Gasteiger partial charge on any atom is 0.337 e. The zero-order chi connectivity index (χ0) is 26.9. The molecule has 38 heavy (non-hydrogen) atoms. The third-order valence-corrected chi connectivity index (χ3v) is 7.92. The first-order chi connectivity index (χ1) is 18.2. The summed E-state index contributed by atoms with van der Waals surface area (Å²) in [6, 6.07) is 11.6. The van der Waals surface area contributed by atoms with Gasteiger partial charge in [-0.15, -0.1) is 0 Å². The van der Waals surface area contributed by atoms with E-state index in [0.29, 0.717) is 35.2 Å². The van der Waals surface area contributed by atoms with Crippen molar-refractivity contribution in [2.45, 2.75) is 31.9 Å². The Hall–Kier alpha value is -3.45. The van der Waals surface area contributed by atoms with Gasteiger partial charge in [-0.25, -0.2) is 13.8 Å². The second kappa shape index (κ2) is 9.09. The van der Waals surface area contributed by atoms with Crippen molar-refractivity contribution in [1.29, 1.82) is 0 Å². The van der Waals surface area contributed by atoms with Crippen LogP contribution in [0, 0.1) is 16.3 Å². The molecule has 0 atom stereocenters. The van der Waals surface area contributed by atoms with Crippen LogP contribution in [0.25, 0.3) is 16.7 Å². The van der Waals surface area contributed by atoms with E-state index in [1.165, 1.54) is 26.8 Å². The lowest BCUT2D eigenvalue weighted by Gasteiger charge is -2.38. The normalized spacial score (nSPS) is 15.7. The molecule has 6 rings (SSSR count). The van der Waals surface area contributed by atoms with Crippen LogP contribution in [0.4, 0.5) is 21.5 Å². The molecule has 2 aromatic carbocycles. The predicted molar refractivity (Wildman–Crippen MR) is 153 cm³/mol. The molecular weight excluding hydrogens is 604 g/mol. The van der Waals surface area contributed by atoms with Crippen LogP contribution in [-0.2, 0) is 7.05 Å². The first-order valence-electron chi connectivity index (χ1n) is 12.3. The summed E-state index contributed by atoms with van der Waals surface area (Å²) < 4.78 is 19.5. The fourth-order valence-corrected chi connectivity index (χ4v) is 5.51. The third-order valence-electron chi connectivity index (χ3n) is 7.25. The molecule has 1 aliphatic carbocycles. The third kappa shape index (κ3) is 3.95. The molecule has 0 unspecified atom stereocenters. The number of aryl methyl sites for hydroxylation is 1. The summed E-state index contributed by atoms with van der Waals surface area (Å²) >= 11 is 2.01. The van der Waals surface area contributed by atoms with E-state index >= 15 is 0 Å². The standard InChI is InChI=1S/C27H25FIN5O4/c1-14-23(30-21-9-6-15(29)10-20(21)28)22-24(31(2)25(14)36)33(27(38)34(26(22)37)16-7-8-16)18-5-3-4-17(11-18)32-12-19(35)13-32/h3-6,9-11,16,19,30,35H,7-8,12-13H2,1-2H3. The fourth-order valence-electron chi connectivity index (χ4n) is 5.06. The van der Waals surface area contributed by atoms with Crippen LogP contribution in [0.15, 0.2) is 56.8 Å². The molecular formula is C27H25FIN5O4. The molecule has 2 aliphatic rings. The minimum absolute atomic E-state index is 0.122. The average molecular weight is 629 g/mol. The average Bonchev–Trinajstić information content (AvgIpc) is 3.70. The van der Waals surface area contributed by atoms with Crippen LogP contribution in [0.1, 0.15) is 24.4 Å². The SMILES string of the molecule is Cc1c(Nc2ccc(I)cc2F)c2c(=O)n(C3CC3)c(=O)n(-c3cccc(N4CC(O)C4)c3)c2n(C)c1=O. The number of halogens is 2. The molecule has 9 nitrogen and oxygen atoms in total. The summed E-state index contributed by atoms with van der Waals surface area (Å²) in [6.07, 6.45) is 0.995. The molecule has 2 aromatic heterocycles. The van der Waals surface area contributed by atoms with Gasteiger partial charge in [0.25, 0.3) is 11.1 Å². The van der Waals surface area contributed by atoms with Gasteiger partial charge in [0.15, 0.2) is 0 Å². The summed E-state index contributed by atoms with van der Waals surface area (Å²) in [7, 11) is 1.53. The largest absolute Gasteiger partial charge is 0.389 e. The van der Waals surface area contributed by atoms with Crippen molar-refractivity contribution in [2.75, 3.05) is 23.3 Å². The molecule has 0 bridgehead atoms. The van der Waals surface area contributed by atoms with Gasteiger partial charge in [-0.1, -0.05) is 6.07 Å². The smallest absolute Gasteiger partial charge is 0.337 e. The first-order valence-corrected chi connectivity index (χ1v) is 13.4. The zero-order valence-corrected chi connectivity index (χ0v) is 22.9. The minimum atomic E-state index is -0.531. The Morgan fingerprint density at radius 2 is 1.74 bits per heavy atom. The summed E-state index contributed by atoms with van der Waals surface area (Å²) in [5.41, 5.74) is 0.508. The number of hydrogen-bond acceptors (Lipinski definition) is 6. The van der Waals surface area contributed by atoms with Gasteiger partial charge in [0.2, 0.25) is 0 Å². The Morgan fingerprint density at radius 3 is 2.39 bits per heavy atom. The van der Waals surface area contributed by atoms with Crippen molar-refractivity contribution in [2.24, 2.45) is 7.05 Å². The molecule has 0 radical (unpaired) electrons. The van der Waals surface area contributed by atoms with E-state index in [4.69, 9.17) is 0 Å². The predicted octanol–water partition coefficient (Wildman–Crippen LogP) is 3.16. The number of nitrogens with zero attached hydrogens (tertiary/aromatic N) is 4. The molecule has 4 aromatic rings. The lowest BCUT2D eigenvalue weighted by Crippen LogP contribution is -2.50. The van der Waals surface area contributed by atoms with Crippen molar-refractivity contribution >= 4 is 50.7 Å². The molecule has 11 heteroatoms. The van der Waals surface area contributed by atoms with Gasteiger partial charge >= 0.3 is 5.69 Å². The number of aliphatic hydroxyl groups is 1. The first kappa shape index (κ1) is 24.9. The lowest BCUT2D eigenvalue weighted by atomic mass is 10.1. The second-order valence-corrected chi connectivity index (χ2v) is 11.2. The van der Waals surface area contributed by atoms with Gasteiger partial charge in [-0.3, -0.25) is 18.7 Å². The van der Waals surface area contributed by atoms with E-state index in [-0.39, 0.29) is 34.0 Å². The number of anilines is 3. The Balaban J connectivity index is 1.68. The molecule has 1 aliphatic heterocycles. The maximum atomic E-state index is 14.8. The molecule has 2 fully saturated rings. The van der Waals surface area contributed by atoms with Crippen LogP contribution < -0.4 is 27.0 Å². The minimum Gasteiger partial charge on any atom is -0.389 e. The quantitative estimate of drug-likeness (QED) is 0.329. The number of fused-ring (bicyclic) bond motifs is 1. The van der Waals surface area contributed by atoms with Gasteiger partial charge in [0.05, 0.1) is 23.2 Å². The highest BCUT2D eigenvalue weighted by atomic mass is 127. The van der Waals surface area contributed by atoms with Gasteiger partial charge in [-0.2, -0.15) is 0 Å². The van der Waals surface area contributed by atoms with Crippen molar-refractivity contribution in [3.63, 3.8) is 0 Å². The van der Waals surface area contributed by atoms with E-state index in [2.05, 4.69) is 5.32 Å². The highest BCUT2D eigenvalue weighted by molar-refractivity contribution is 14.1. The molecule has 1 saturated heterocycles. The lowest BCUT2D eigenvalue weighted by molar-refractivity contribution is 0.142. The van der Waals surface area contributed by atoms with E-state index in [1.54, 1.807) is 31.2 Å². The number of aromatic nitrogens is 3. The van der Waals surface area contributed by atoms with Gasteiger partial charge in [0, 0.05) is 41.0 Å². The monoisotopic (exact) mass is 629 g/mol. The topological polar surface area (TPSA) is 102 Å². The van der Waals surface area contributed by atoms with Crippen molar-refractivity contribution in [3.8, 4) is 5.69 Å². The highest BCUT2D eigenvalue weighted by Gasteiger charge is 2.32. The van der Waals surface area contributed by atoms with E-state index in [0.717, 1.165) is 5.69 Å². The Kier molecular flexibility index (Phi) is 5.94. The molecule has 3 heterocycles. The number of benzene rings is 2. The number of rotatable bonds is 5. The van der Waals surface area contributed by atoms with E-state index < -0.39 is 28.7 Å². The van der Waals surface area contributed by atoms with E-state index in [9.17, 15) is 23.9 Å². The van der Waals surface area contributed by atoms with Gasteiger partial charge in [0.1, 0.15) is 16.9 Å². The van der Waals surface area contributed by atoms with Crippen LogP contribution in [-0.4, -0.2) is 38.0 Å². The van der Waals surface area contributed by atoms with E-state index in [1.807, 2.05) is 39.6 Å². The van der Waals surface area contributed by atoms with Gasteiger partial charge < -0.3 is 15.3 Å². The Bertz CT molecular complexity index is 1800. The van der Waals surface area contributed by atoms with Crippen LogP contribution >= 0.6 is 22.6 Å². The summed E-state index contributed by atoms with van der Waals surface area (Å²) in [4.78, 5) is 43.2. The summed E-state index contributed by atoms with van der Waals surface area (Å²) in [5.74, 6) is -0.523. The summed E-state index contributed by atoms with van der Waals surface area (Å²) in [6.45, 7) is 2.54. The second-order valence-electron chi connectivity index (χ2n) is 9.91. The number of nitrogens with one attached hydrogen (secondary N) is 1. The molecule has 0 amide bonds. The van der Waals surface area contributed by atoms with Crippen LogP contribution in [0.2, 0.25) is 0 Å². The maximum absolute atomic E-state index is 14.8. The van der Waals surface area contributed by atoms with Crippen molar-refractivity contribution < 1.29 is 9.50 Å². The fraction of sp³-hybridized carbons (Fsp3) is 0.296. The molecule has 0 spiro atoms. The van der Waals surface area contributed by atoms with Gasteiger partial charge in [-0.05, 0) is 78.8 Å².